The maximum absolute atomic E-state index is 11.4. The highest BCUT2D eigenvalue weighted by molar-refractivity contribution is 7.83. The molecule has 10 heavy (non-hydrogen) atoms. The standard InChI is InChI=1S/C5H15O3PSi/c1-4-7-9(6,10-3)8-5-2/h4-5,10H2,1-3H3. The average Bonchev–Trinajstić information content (AvgIpc) is 1.89. The first kappa shape index (κ1) is 10.4. The third kappa shape index (κ3) is 3.51. The van der Waals surface area contributed by atoms with Gasteiger partial charge in [0.15, 0.2) is 9.19 Å². The maximum atomic E-state index is 11.4. The molecule has 0 aliphatic heterocycles. The summed E-state index contributed by atoms with van der Waals surface area (Å²) < 4.78 is 21.4. The van der Waals surface area contributed by atoms with Crippen molar-refractivity contribution >= 4 is 16.3 Å². The second-order valence-corrected chi connectivity index (χ2v) is 8.35. The zero-order chi connectivity index (χ0) is 8.04. The topological polar surface area (TPSA) is 35.5 Å². The first-order valence-corrected chi connectivity index (χ1v) is 8.60. The number of rotatable bonds is 5. The fraction of sp³-hybridized carbons (Fsp3) is 1.00. The van der Waals surface area contributed by atoms with E-state index in [1.54, 1.807) is 0 Å². The lowest BCUT2D eigenvalue weighted by Gasteiger charge is -2.14. The predicted molar refractivity (Wildman–Crippen MR) is 45.3 cm³/mol. The van der Waals surface area contributed by atoms with Crippen LogP contribution < -0.4 is 0 Å². The van der Waals surface area contributed by atoms with Gasteiger partial charge in [0, 0.05) is 0 Å². The summed E-state index contributed by atoms with van der Waals surface area (Å²) >= 11 is 0. The van der Waals surface area contributed by atoms with Crippen LogP contribution in [0.15, 0.2) is 0 Å². The molecular weight excluding hydrogens is 167 g/mol. The van der Waals surface area contributed by atoms with E-state index in [-0.39, 0.29) is 0 Å². The van der Waals surface area contributed by atoms with E-state index < -0.39 is 16.3 Å². The summed E-state index contributed by atoms with van der Waals surface area (Å²) in [5, 5.41) is 0. The van der Waals surface area contributed by atoms with Crippen LogP contribution in [0.25, 0.3) is 0 Å². The third-order valence-electron chi connectivity index (χ3n) is 1.04. The summed E-state index contributed by atoms with van der Waals surface area (Å²) in [6, 6.07) is 0. The molecule has 0 fully saturated rings. The van der Waals surface area contributed by atoms with Crippen molar-refractivity contribution < 1.29 is 13.6 Å². The molecule has 0 aliphatic carbocycles. The lowest BCUT2D eigenvalue weighted by molar-refractivity contribution is 0.234. The normalized spacial score (nSPS) is 13.1. The molecule has 0 radical (unpaired) electrons. The summed E-state index contributed by atoms with van der Waals surface area (Å²) in [4.78, 5) is 0. The minimum atomic E-state index is -2.56. The van der Waals surface area contributed by atoms with E-state index in [1.807, 2.05) is 20.4 Å². The summed E-state index contributed by atoms with van der Waals surface area (Å²) in [6.07, 6.45) is 0. The van der Waals surface area contributed by atoms with Crippen molar-refractivity contribution in [2.75, 3.05) is 13.2 Å². The molecule has 0 saturated heterocycles. The van der Waals surface area contributed by atoms with Crippen LogP contribution >= 0.6 is 7.14 Å². The van der Waals surface area contributed by atoms with Gasteiger partial charge < -0.3 is 9.05 Å². The fourth-order valence-corrected chi connectivity index (χ4v) is 4.03. The molecule has 0 aromatic carbocycles. The molecule has 0 bridgehead atoms. The molecular formula is C5H15O3PSi. The van der Waals surface area contributed by atoms with E-state index in [0.29, 0.717) is 13.2 Å². The maximum Gasteiger partial charge on any atom is 0.289 e. The monoisotopic (exact) mass is 182 g/mol. The predicted octanol–water partition coefficient (Wildman–Crippen LogP) is 1.38. The zero-order valence-corrected chi connectivity index (χ0v) is 9.10. The van der Waals surface area contributed by atoms with Crippen molar-refractivity contribution in [2.24, 2.45) is 0 Å². The van der Waals surface area contributed by atoms with Crippen LogP contribution in [0.4, 0.5) is 0 Å². The first-order chi connectivity index (χ1) is 4.68. The number of hydrogen-bond acceptors (Lipinski definition) is 3. The highest BCUT2D eigenvalue weighted by atomic mass is 31.4. The molecule has 0 rings (SSSR count). The van der Waals surface area contributed by atoms with Gasteiger partial charge in [0.25, 0.3) is 7.14 Å². The molecule has 0 amide bonds. The minimum absolute atomic E-state index is 0.484. The fourth-order valence-electron chi connectivity index (χ4n) is 0.613. The molecule has 0 N–H and O–H groups in total. The Morgan fingerprint density at radius 3 is 1.90 bits per heavy atom. The van der Waals surface area contributed by atoms with Gasteiger partial charge in [-0.2, -0.15) is 0 Å². The molecule has 0 unspecified atom stereocenters. The van der Waals surface area contributed by atoms with E-state index in [1.165, 1.54) is 0 Å². The largest absolute Gasteiger partial charge is 0.314 e. The summed E-state index contributed by atoms with van der Waals surface area (Å²) in [5.41, 5.74) is 0. The van der Waals surface area contributed by atoms with Crippen molar-refractivity contribution in [1.82, 2.24) is 0 Å². The van der Waals surface area contributed by atoms with E-state index in [0.717, 1.165) is 0 Å². The van der Waals surface area contributed by atoms with Gasteiger partial charge in [-0.25, -0.2) is 0 Å². The van der Waals surface area contributed by atoms with Crippen molar-refractivity contribution in [3.8, 4) is 0 Å². The SMILES string of the molecule is CCOP(=O)(OCC)[SiH2]C. The van der Waals surface area contributed by atoms with Crippen LogP contribution in [0.2, 0.25) is 6.55 Å². The van der Waals surface area contributed by atoms with Crippen LogP contribution in [0.3, 0.4) is 0 Å². The van der Waals surface area contributed by atoms with Gasteiger partial charge >= 0.3 is 0 Å². The van der Waals surface area contributed by atoms with E-state index in [4.69, 9.17) is 9.05 Å². The Labute approximate surface area is 64.3 Å². The van der Waals surface area contributed by atoms with Gasteiger partial charge in [-0.3, -0.25) is 4.57 Å². The molecule has 0 spiro atoms. The second-order valence-electron chi connectivity index (χ2n) is 1.76. The Morgan fingerprint density at radius 2 is 1.70 bits per heavy atom. The van der Waals surface area contributed by atoms with Gasteiger partial charge in [-0.15, -0.1) is 0 Å². The third-order valence-corrected chi connectivity index (χ3v) is 6.54. The Hall–Kier alpha value is 0.367. The van der Waals surface area contributed by atoms with Crippen LogP contribution in [0.5, 0.6) is 0 Å². The van der Waals surface area contributed by atoms with Crippen molar-refractivity contribution in [1.29, 1.82) is 0 Å². The van der Waals surface area contributed by atoms with Gasteiger partial charge in [-0.1, -0.05) is 6.55 Å². The highest BCUT2D eigenvalue weighted by Gasteiger charge is 2.19. The van der Waals surface area contributed by atoms with E-state index in [9.17, 15) is 4.57 Å². The molecule has 0 aromatic rings. The van der Waals surface area contributed by atoms with Gasteiger partial charge in [-0.05, 0) is 13.8 Å². The van der Waals surface area contributed by atoms with Crippen LogP contribution in [-0.4, -0.2) is 22.4 Å². The van der Waals surface area contributed by atoms with Crippen LogP contribution in [0.1, 0.15) is 13.8 Å². The summed E-state index contributed by atoms with van der Waals surface area (Å²) in [5.74, 6) is 0. The first-order valence-electron chi connectivity index (χ1n) is 3.56. The van der Waals surface area contributed by atoms with Crippen LogP contribution in [-0.2, 0) is 13.6 Å². The van der Waals surface area contributed by atoms with Crippen molar-refractivity contribution in [3.63, 3.8) is 0 Å². The average molecular weight is 182 g/mol. The Balaban J connectivity index is 3.83. The molecule has 5 heteroatoms. The summed E-state index contributed by atoms with van der Waals surface area (Å²) in [7, 11) is -3.24. The van der Waals surface area contributed by atoms with Gasteiger partial charge in [0.05, 0.1) is 13.2 Å². The van der Waals surface area contributed by atoms with Gasteiger partial charge in [0.1, 0.15) is 0 Å². The Kier molecular flexibility index (Phi) is 5.26. The van der Waals surface area contributed by atoms with Crippen molar-refractivity contribution in [3.05, 3.63) is 0 Å². The quantitative estimate of drug-likeness (QED) is 0.476. The zero-order valence-electron chi connectivity index (χ0n) is 6.79. The second kappa shape index (κ2) is 5.08. The van der Waals surface area contributed by atoms with Gasteiger partial charge in [0.2, 0.25) is 0 Å². The number of hydrogen-bond donors (Lipinski definition) is 0. The molecule has 0 aromatic heterocycles. The minimum Gasteiger partial charge on any atom is -0.314 e. The summed E-state index contributed by atoms with van der Waals surface area (Å²) in [6.45, 7) is 6.56. The highest BCUT2D eigenvalue weighted by Crippen LogP contribution is 2.45. The Bertz CT molecular complexity index is 118. The molecule has 0 saturated carbocycles. The lowest BCUT2D eigenvalue weighted by Crippen LogP contribution is -1.99. The smallest absolute Gasteiger partial charge is 0.289 e. The van der Waals surface area contributed by atoms with Crippen molar-refractivity contribution in [2.45, 2.75) is 20.4 Å². The van der Waals surface area contributed by atoms with Crippen LogP contribution in [0, 0.1) is 0 Å². The Morgan fingerprint density at radius 1 is 1.30 bits per heavy atom. The lowest BCUT2D eigenvalue weighted by atomic mass is 10.9. The molecule has 0 heterocycles. The molecule has 3 nitrogen and oxygen atoms in total. The van der Waals surface area contributed by atoms with E-state index >= 15 is 0 Å². The van der Waals surface area contributed by atoms with E-state index in [2.05, 4.69) is 0 Å². The molecule has 0 atom stereocenters. The molecule has 0 aliphatic rings. The molecule has 62 valence electrons.